The molecule has 0 spiro atoms. The summed E-state index contributed by atoms with van der Waals surface area (Å²) in [6, 6.07) is 9.23. The van der Waals surface area contributed by atoms with Gasteiger partial charge in [-0.3, -0.25) is 0 Å². The molecule has 1 unspecified atom stereocenters. The number of rotatable bonds is 3. The van der Waals surface area contributed by atoms with Gasteiger partial charge in [-0.25, -0.2) is 13.6 Å². The van der Waals surface area contributed by atoms with E-state index in [1.807, 2.05) is 30.3 Å². The molecule has 1 aromatic rings. The summed E-state index contributed by atoms with van der Waals surface area (Å²) in [6.45, 7) is 4.56. The summed E-state index contributed by atoms with van der Waals surface area (Å²) in [5.74, 6) is -3.06. The standard InChI is InChI=1S/C18H24F2N2O3/c1-17(2,3)24-16(23)22-10-9-15(11-18(19,20)13-22)25-21-12-14-7-5-4-6-8-14/h4-8,12,15H,9-11,13H2,1-3H3. The first kappa shape index (κ1) is 19.1. The van der Waals surface area contributed by atoms with Crippen molar-refractivity contribution in [1.29, 1.82) is 0 Å². The highest BCUT2D eigenvalue weighted by Gasteiger charge is 2.41. The van der Waals surface area contributed by atoms with Crippen molar-refractivity contribution in [2.75, 3.05) is 13.1 Å². The molecule has 0 bridgehead atoms. The second-order valence-corrected chi connectivity index (χ2v) is 7.12. The highest BCUT2D eigenvalue weighted by molar-refractivity contribution is 5.78. The monoisotopic (exact) mass is 354 g/mol. The van der Waals surface area contributed by atoms with E-state index in [-0.39, 0.29) is 13.0 Å². The first-order valence-electron chi connectivity index (χ1n) is 8.25. The first-order valence-corrected chi connectivity index (χ1v) is 8.25. The highest BCUT2D eigenvalue weighted by atomic mass is 19.3. The fourth-order valence-corrected chi connectivity index (χ4v) is 2.45. The highest BCUT2D eigenvalue weighted by Crippen LogP contribution is 2.29. The Labute approximate surface area is 146 Å². The van der Waals surface area contributed by atoms with Crippen molar-refractivity contribution in [2.45, 2.75) is 51.2 Å². The topological polar surface area (TPSA) is 51.1 Å². The summed E-state index contributed by atoms with van der Waals surface area (Å²) in [7, 11) is 0. The number of benzene rings is 1. The molecule has 5 nitrogen and oxygen atoms in total. The van der Waals surface area contributed by atoms with Gasteiger partial charge in [-0.15, -0.1) is 0 Å². The van der Waals surface area contributed by atoms with Crippen LogP contribution in [0.4, 0.5) is 13.6 Å². The molecule has 1 aliphatic rings. The molecular weight excluding hydrogens is 330 g/mol. The van der Waals surface area contributed by atoms with E-state index >= 15 is 0 Å². The summed E-state index contributed by atoms with van der Waals surface area (Å²) < 4.78 is 33.4. The van der Waals surface area contributed by atoms with Gasteiger partial charge in [0.2, 0.25) is 0 Å². The Hall–Kier alpha value is -2.18. The molecule has 1 heterocycles. The van der Waals surface area contributed by atoms with Crippen LogP contribution >= 0.6 is 0 Å². The van der Waals surface area contributed by atoms with Crippen LogP contribution < -0.4 is 0 Å². The molecule has 1 aliphatic heterocycles. The number of carbonyl (C=O) groups is 1. The summed E-state index contributed by atoms with van der Waals surface area (Å²) in [4.78, 5) is 18.3. The Morgan fingerprint density at radius 2 is 2.00 bits per heavy atom. The molecule has 7 heteroatoms. The smallest absolute Gasteiger partial charge is 0.410 e. The van der Waals surface area contributed by atoms with Crippen molar-refractivity contribution in [2.24, 2.45) is 5.16 Å². The van der Waals surface area contributed by atoms with Gasteiger partial charge in [0.15, 0.2) is 0 Å². The second-order valence-electron chi connectivity index (χ2n) is 7.12. The molecule has 0 radical (unpaired) electrons. The average molecular weight is 354 g/mol. The normalized spacial score (nSPS) is 21.0. The Kier molecular flexibility index (Phi) is 5.98. The predicted molar refractivity (Wildman–Crippen MR) is 90.9 cm³/mol. The zero-order chi connectivity index (χ0) is 18.5. The largest absolute Gasteiger partial charge is 0.444 e. The van der Waals surface area contributed by atoms with Crippen LogP contribution in [0.1, 0.15) is 39.2 Å². The van der Waals surface area contributed by atoms with Gasteiger partial charge in [0.1, 0.15) is 11.7 Å². The van der Waals surface area contributed by atoms with Crippen molar-refractivity contribution in [1.82, 2.24) is 4.90 Å². The number of hydrogen-bond donors (Lipinski definition) is 0. The molecule has 2 rings (SSSR count). The zero-order valence-corrected chi connectivity index (χ0v) is 14.7. The third kappa shape index (κ3) is 6.68. The van der Waals surface area contributed by atoms with E-state index in [4.69, 9.17) is 9.57 Å². The molecule has 1 aromatic carbocycles. The van der Waals surface area contributed by atoms with Crippen molar-refractivity contribution in [3.05, 3.63) is 35.9 Å². The Bertz CT molecular complexity index is 600. The average Bonchev–Trinajstić information content (AvgIpc) is 2.65. The number of alkyl halides is 2. The fraction of sp³-hybridized carbons (Fsp3) is 0.556. The third-order valence-electron chi connectivity index (χ3n) is 3.53. The van der Waals surface area contributed by atoms with E-state index in [2.05, 4.69) is 5.16 Å². The third-order valence-corrected chi connectivity index (χ3v) is 3.53. The van der Waals surface area contributed by atoms with Crippen LogP contribution in [0.3, 0.4) is 0 Å². The van der Waals surface area contributed by atoms with Crippen LogP contribution in [-0.4, -0.2) is 47.9 Å². The molecule has 0 saturated carbocycles. The van der Waals surface area contributed by atoms with Crippen LogP contribution in [-0.2, 0) is 9.57 Å². The lowest BCUT2D eigenvalue weighted by Gasteiger charge is -2.27. The first-order chi connectivity index (χ1) is 11.6. The Balaban J connectivity index is 1.95. The number of carbonyl (C=O) groups excluding carboxylic acids is 1. The molecule has 138 valence electrons. The van der Waals surface area contributed by atoms with E-state index in [0.29, 0.717) is 0 Å². The molecule has 1 fully saturated rings. The minimum atomic E-state index is -3.06. The van der Waals surface area contributed by atoms with Gasteiger partial charge < -0.3 is 14.5 Å². The van der Waals surface area contributed by atoms with E-state index in [9.17, 15) is 13.6 Å². The lowest BCUT2D eigenvalue weighted by atomic mass is 10.1. The molecule has 1 atom stereocenters. The maximum Gasteiger partial charge on any atom is 0.410 e. The molecule has 25 heavy (non-hydrogen) atoms. The minimum Gasteiger partial charge on any atom is -0.444 e. The van der Waals surface area contributed by atoms with Gasteiger partial charge >= 0.3 is 6.09 Å². The zero-order valence-electron chi connectivity index (χ0n) is 14.7. The second kappa shape index (κ2) is 7.80. The fourth-order valence-electron chi connectivity index (χ4n) is 2.45. The summed E-state index contributed by atoms with van der Waals surface area (Å²) in [5, 5.41) is 3.81. The van der Waals surface area contributed by atoms with Gasteiger partial charge in [-0.2, -0.15) is 0 Å². The van der Waals surface area contributed by atoms with Crippen LogP contribution in [0, 0.1) is 0 Å². The molecule has 1 saturated heterocycles. The van der Waals surface area contributed by atoms with Gasteiger partial charge in [-0.1, -0.05) is 35.5 Å². The molecule has 0 N–H and O–H groups in total. The number of amides is 1. The van der Waals surface area contributed by atoms with Gasteiger partial charge in [0.05, 0.1) is 19.2 Å². The number of halogens is 2. The van der Waals surface area contributed by atoms with Crippen LogP contribution in [0.25, 0.3) is 0 Å². The lowest BCUT2D eigenvalue weighted by molar-refractivity contribution is -0.0663. The molecule has 0 aromatic heterocycles. The lowest BCUT2D eigenvalue weighted by Crippen LogP contribution is -2.42. The van der Waals surface area contributed by atoms with Gasteiger partial charge in [0.25, 0.3) is 5.92 Å². The SMILES string of the molecule is CC(C)(C)OC(=O)N1CCC(ON=Cc2ccccc2)CC(F)(F)C1. The summed E-state index contributed by atoms with van der Waals surface area (Å²) in [5.41, 5.74) is 0.0902. The van der Waals surface area contributed by atoms with E-state index in [1.165, 1.54) is 6.21 Å². The number of likely N-dealkylation sites (tertiary alicyclic amines) is 1. The van der Waals surface area contributed by atoms with Crippen molar-refractivity contribution < 1.29 is 23.1 Å². The Morgan fingerprint density at radius 3 is 2.64 bits per heavy atom. The van der Waals surface area contributed by atoms with Crippen molar-refractivity contribution >= 4 is 12.3 Å². The maximum absolute atomic E-state index is 14.1. The quantitative estimate of drug-likeness (QED) is 0.607. The number of nitrogens with zero attached hydrogens (tertiary/aromatic N) is 2. The van der Waals surface area contributed by atoms with Crippen molar-refractivity contribution in [3.8, 4) is 0 Å². The van der Waals surface area contributed by atoms with Gasteiger partial charge in [-0.05, 0) is 26.3 Å². The number of hydrogen-bond acceptors (Lipinski definition) is 4. The van der Waals surface area contributed by atoms with E-state index in [1.54, 1.807) is 20.8 Å². The Morgan fingerprint density at radius 1 is 1.32 bits per heavy atom. The summed E-state index contributed by atoms with van der Waals surface area (Å²) >= 11 is 0. The summed E-state index contributed by atoms with van der Waals surface area (Å²) in [6.07, 6.45) is -0.239. The van der Waals surface area contributed by atoms with Crippen molar-refractivity contribution in [3.63, 3.8) is 0 Å². The molecule has 1 amide bonds. The predicted octanol–water partition coefficient (Wildman–Crippen LogP) is 4.07. The van der Waals surface area contributed by atoms with Crippen LogP contribution in [0.2, 0.25) is 0 Å². The minimum absolute atomic E-state index is 0.135. The van der Waals surface area contributed by atoms with E-state index < -0.39 is 36.7 Å². The number of ether oxygens (including phenoxy) is 1. The maximum atomic E-state index is 14.1. The van der Waals surface area contributed by atoms with E-state index in [0.717, 1.165) is 10.5 Å². The molecule has 0 aliphatic carbocycles. The van der Waals surface area contributed by atoms with Crippen LogP contribution in [0.15, 0.2) is 35.5 Å². The molecular formula is C18H24F2N2O3. The van der Waals surface area contributed by atoms with Gasteiger partial charge in [0, 0.05) is 13.0 Å². The number of oxime groups is 1. The van der Waals surface area contributed by atoms with Crippen LogP contribution in [0.5, 0.6) is 0 Å².